The van der Waals surface area contributed by atoms with Crippen molar-refractivity contribution in [1.82, 2.24) is 14.7 Å². The van der Waals surface area contributed by atoms with E-state index >= 15 is 0 Å². The van der Waals surface area contributed by atoms with Gasteiger partial charge in [-0.2, -0.15) is 0 Å². The van der Waals surface area contributed by atoms with E-state index in [0.717, 1.165) is 12.4 Å². The lowest BCUT2D eigenvalue weighted by molar-refractivity contribution is 0.265. The number of aliphatic hydroxyl groups is 1. The van der Waals surface area contributed by atoms with E-state index in [1.165, 1.54) is 6.92 Å². The molecule has 84 valence electrons. The van der Waals surface area contributed by atoms with Crippen LogP contribution in [-0.4, -0.2) is 36.1 Å². The predicted octanol–water partition coefficient (Wildman–Crippen LogP) is -0.211. The summed E-state index contributed by atoms with van der Waals surface area (Å²) in [5.41, 5.74) is 0. The van der Waals surface area contributed by atoms with E-state index in [0.29, 0.717) is 0 Å². The van der Waals surface area contributed by atoms with Crippen LogP contribution in [0.5, 0.6) is 0 Å². The summed E-state index contributed by atoms with van der Waals surface area (Å²) in [5, 5.41) is 8.69. The highest BCUT2D eigenvalue weighted by molar-refractivity contribution is 7.89. The second-order valence-corrected chi connectivity index (χ2v) is 4.94. The van der Waals surface area contributed by atoms with E-state index in [2.05, 4.69) is 14.7 Å². The first kappa shape index (κ1) is 12.3. The van der Waals surface area contributed by atoms with Crippen LogP contribution in [0.15, 0.2) is 17.3 Å². The van der Waals surface area contributed by atoms with Crippen molar-refractivity contribution >= 4 is 21.6 Å². The Morgan fingerprint density at radius 1 is 1.53 bits per heavy atom. The van der Waals surface area contributed by atoms with Gasteiger partial charge < -0.3 is 5.11 Å². The van der Waals surface area contributed by atoms with Crippen molar-refractivity contribution in [3.8, 4) is 0 Å². The van der Waals surface area contributed by atoms with Gasteiger partial charge in [0.2, 0.25) is 15.3 Å². The van der Waals surface area contributed by atoms with Gasteiger partial charge in [-0.25, -0.2) is 23.1 Å². The van der Waals surface area contributed by atoms with Crippen molar-refractivity contribution in [2.45, 2.75) is 17.9 Å². The van der Waals surface area contributed by atoms with Crippen LogP contribution in [-0.2, 0) is 10.0 Å². The summed E-state index contributed by atoms with van der Waals surface area (Å²) in [4.78, 5) is 7.01. The topological polar surface area (TPSA) is 92.2 Å². The Bertz CT molecular complexity index is 420. The molecule has 1 heterocycles. The number of nitrogens with one attached hydrogen (secondary N) is 1. The quantitative estimate of drug-likeness (QED) is 0.723. The van der Waals surface area contributed by atoms with Gasteiger partial charge in [0, 0.05) is 6.04 Å². The van der Waals surface area contributed by atoms with Crippen LogP contribution in [0.2, 0.25) is 5.28 Å². The zero-order chi connectivity index (χ0) is 11.5. The molecule has 0 fully saturated rings. The Labute approximate surface area is 92.4 Å². The number of aliphatic hydroxyl groups excluding tert-OH is 1. The largest absolute Gasteiger partial charge is 0.395 e. The normalized spacial score (nSPS) is 13.8. The summed E-state index contributed by atoms with van der Waals surface area (Å²) in [6.45, 7) is 1.25. The van der Waals surface area contributed by atoms with Gasteiger partial charge in [0.25, 0.3) is 0 Å². The van der Waals surface area contributed by atoms with Crippen molar-refractivity contribution in [2.24, 2.45) is 0 Å². The number of sulfonamides is 1. The summed E-state index contributed by atoms with van der Waals surface area (Å²) < 4.78 is 25.4. The first-order chi connectivity index (χ1) is 6.95. The van der Waals surface area contributed by atoms with Gasteiger partial charge in [-0.05, 0) is 18.5 Å². The van der Waals surface area contributed by atoms with Gasteiger partial charge in [-0.3, -0.25) is 0 Å². The zero-order valence-electron chi connectivity index (χ0n) is 7.88. The molecule has 0 spiro atoms. The second-order valence-electron chi connectivity index (χ2n) is 2.89. The molecule has 0 radical (unpaired) electrons. The van der Waals surface area contributed by atoms with Crippen LogP contribution in [0.3, 0.4) is 0 Å². The average molecular weight is 252 g/mol. The van der Waals surface area contributed by atoms with Crippen LogP contribution in [0, 0.1) is 0 Å². The standard InChI is InChI=1S/C7H10ClN3O3S/c1-5(4-12)11-15(13,14)6-2-9-7(8)10-3-6/h2-3,5,11-12H,4H2,1H3/t5-/m1/s1. The minimum atomic E-state index is -3.68. The molecule has 1 aromatic rings. The molecule has 0 aliphatic heterocycles. The van der Waals surface area contributed by atoms with Gasteiger partial charge in [-0.15, -0.1) is 0 Å². The Balaban J connectivity index is 2.91. The van der Waals surface area contributed by atoms with Crippen molar-refractivity contribution in [3.05, 3.63) is 17.7 Å². The summed E-state index contributed by atoms with van der Waals surface area (Å²) in [5.74, 6) is 0. The molecule has 0 aliphatic carbocycles. The van der Waals surface area contributed by atoms with Crippen molar-refractivity contribution in [1.29, 1.82) is 0 Å². The first-order valence-electron chi connectivity index (χ1n) is 4.06. The Morgan fingerprint density at radius 2 is 2.07 bits per heavy atom. The lowest BCUT2D eigenvalue weighted by Crippen LogP contribution is -2.35. The highest BCUT2D eigenvalue weighted by Crippen LogP contribution is 2.07. The van der Waals surface area contributed by atoms with Crippen LogP contribution in [0.25, 0.3) is 0 Å². The smallest absolute Gasteiger partial charge is 0.243 e. The van der Waals surface area contributed by atoms with Gasteiger partial charge >= 0.3 is 0 Å². The molecule has 0 aliphatic rings. The number of rotatable bonds is 4. The Hall–Kier alpha value is -0.760. The molecule has 0 bridgehead atoms. The summed E-state index contributed by atoms with van der Waals surface area (Å²) >= 11 is 5.42. The second kappa shape index (κ2) is 4.84. The molecule has 1 rings (SSSR count). The van der Waals surface area contributed by atoms with Crippen molar-refractivity contribution in [2.75, 3.05) is 6.61 Å². The monoisotopic (exact) mass is 251 g/mol. The molecule has 8 heteroatoms. The van der Waals surface area contributed by atoms with Crippen molar-refractivity contribution < 1.29 is 13.5 Å². The predicted molar refractivity (Wildman–Crippen MR) is 53.9 cm³/mol. The molecular formula is C7H10ClN3O3S. The van der Waals surface area contributed by atoms with Crippen LogP contribution in [0.4, 0.5) is 0 Å². The average Bonchev–Trinajstić information content (AvgIpc) is 2.17. The molecule has 0 aromatic carbocycles. The number of halogens is 1. The molecule has 0 unspecified atom stereocenters. The first-order valence-corrected chi connectivity index (χ1v) is 5.92. The molecule has 1 aromatic heterocycles. The van der Waals surface area contributed by atoms with E-state index in [4.69, 9.17) is 16.7 Å². The third kappa shape index (κ3) is 3.38. The van der Waals surface area contributed by atoms with Crippen LogP contribution in [0.1, 0.15) is 6.92 Å². The summed E-state index contributed by atoms with van der Waals surface area (Å²) in [6.07, 6.45) is 2.20. The lowest BCUT2D eigenvalue weighted by Gasteiger charge is -2.10. The van der Waals surface area contributed by atoms with Crippen molar-refractivity contribution in [3.63, 3.8) is 0 Å². The zero-order valence-corrected chi connectivity index (χ0v) is 9.46. The van der Waals surface area contributed by atoms with E-state index in [1.54, 1.807) is 0 Å². The molecular weight excluding hydrogens is 242 g/mol. The fourth-order valence-corrected chi connectivity index (χ4v) is 2.03. The van der Waals surface area contributed by atoms with Gasteiger partial charge in [-0.1, -0.05) is 0 Å². The van der Waals surface area contributed by atoms with Gasteiger partial charge in [0.05, 0.1) is 19.0 Å². The molecule has 0 saturated heterocycles. The van der Waals surface area contributed by atoms with Gasteiger partial charge in [0.1, 0.15) is 4.90 Å². The Morgan fingerprint density at radius 3 is 2.53 bits per heavy atom. The van der Waals surface area contributed by atoms with E-state index < -0.39 is 16.1 Å². The minimum Gasteiger partial charge on any atom is -0.395 e. The Kier molecular flexibility index (Phi) is 3.97. The highest BCUT2D eigenvalue weighted by Gasteiger charge is 2.17. The molecule has 1 atom stereocenters. The maximum absolute atomic E-state index is 11.6. The molecule has 6 nitrogen and oxygen atoms in total. The van der Waals surface area contributed by atoms with Crippen LogP contribution < -0.4 is 4.72 Å². The summed E-state index contributed by atoms with van der Waals surface area (Å²) in [7, 11) is -3.68. The molecule has 15 heavy (non-hydrogen) atoms. The lowest BCUT2D eigenvalue weighted by atomic mass is 10.4. The minimum absolute atomic E-state index is 0.0239. The number of hydrogen-bond acceptors (Lipinski definition) is 5. The fourth-order valence-electron chi connectivity index (χ4n) is 0.809. The maximum Gasteiger partial charge on any atom is 0.243 e. The van der Waals surface area contributed by atoms with E-state index in [9.17, 15) is 8.42 Å². The molecule has 0 saturated carbocycles. The third-order valence-corrected chi connectivity index (χ3v) is 3.28. The van der Waals surface area contributed by atoms with Gasteiger partial charge in [0.15, 0.2) is 0 Å². The van der Waals surface area contributed by atoms with E-state index in [1.807, 2.05) is 0 Å². The number of hydrogen-bond donors (Lipinski definition) is 2. The highest BCUT2D eigenvalue weighted by atomic mass is 35.5. The summed E-state index contributed by atoms with van der Waals surface area (Å²) in [6, 6.07) is -0.564. The SMILES string of the molecule is C[C@H](CO)NS(=O)(=O)c1cnc(Cl)nc1. The molecule has 2 N–H and O–H groups in total. The number of aromatic nitrogens is 2. The third-order valence-electron chi connectivity index (χ3n) is 1.54. The van der Waals surface area contributed by atoms with Crippen LogP contribution >= 0.6 is 11.6 Å². The maximum atomic E-state index is 11.6. The van der Waals surface area contributed by atoms with E-state index in [-0.39, 0.29) is 16.8 Å². The fraction of sp³-hybridized carbons (Fsp3) is 0.429. The molecule has 0 amide bonds. The number of nitrogens with zero attached hydrogens (tertiary/aromatic N) is 2.